The van der Waals surface area contributed by atoms with Crippen LogP contribution in [-0.4, -0.2) is 38.8 Å². The highest BCUT2D eigenvalue weighted by Crippen LogP contribution is 2.43. The lowest BCUT2D eigenvalue weighted by Crippen LogP contribution is -2.36. The molecule has 1 N–H and O–H groups in total. The van der Waals surface area contributed by atoms with Gasteiger partial charge in [0.1, 0.15) is 0 Å². The van der Waals surface area contributed by atoms with Crippen molar-refractivity contribution in [1.82, 2.24) is 19.8 Å². The Bertz CT molecular complexity index is 1170. The van der Waals surface area contributed by atoms with Crippen LogP contribution in [0, 0.1) is 20.8 Å². The topological polar surface area (TPSA) is 42.3 Å². The number of nitrogens with one attached hydrogen (secondary N) is 1. The molecule has 2 aliphatic rings. The number of hydrogen-bond acceptors (Lipinski definition) is 3. The molecule has 2 fully saturated rings. The van der Waals surface area contributed by atoms with E-state index in [1.54, 1.807) is 0 Å². The zero-order chi connectivity index (χ0) is 23.1. The highest BCUT2D eigenvalue weighted by Gasteiger charge is 2.43. The van der Waals surface area contributed by atoms with Crippen LogP contribution in [0.25, 0.3) is 5.69 Å². The Morgan fingerprint density at radius 2 is 2.00 bits per heavy atom. The predicted molar refractivity (Wildman–Crippen MR) is 136 cm³/mol. The first-order valence-corrected chi connectivity index (χ1v) is 12.3. The normalized spacial score (nSPS) is 22.7. The van der Waals surface area contributed by atoms with Gasteiger partial charge in [0.25, 0.3) is 0 Å². The molecule has 33 heavy (non-hydrogen) atoms. The molecule has 2 saturated heterocycles. The molecule has 3 aromatic rings. The van der Waals surface area contributed by atoms with Gasteiger partial charge in [-0.3, -0.25) is 4.98 Å². The van der Waals surface area contributed by atoms with Crippen LogP contribution in [0.5, 0.6) is 0 Å². The minimum atomic E-state index is -0.0351. The van der Waals surface area contributed by atoms with Gasteiger partial charge in [0.2, 0.25) is 0 Å². The molecule has 0 spiro atoms. The quantitative estimate of drug-likeness (QED) is 0.481. The standard InChI is InChI=1S/C26H29ClN4OS/c1-16-17(2)31(20-9-6-8-19(27)14-20)18(3)23(16)25-24(22-11-4-5-12-28-22)29-26(33)30(25)15-21-10-7-13-32-21/h4-6,8-9,11-12,14,21,24-25H,7,10,13,15H2,1-3H3,(H,29,33)/t21-,24-,25+/m0/s1. The Morgan fingerprint density at radius 3 is 2.70 bits per heavy atom. The molecule has 0 unspecified atom stereocenters. The largest absolute Gasteiger partial charge is 0.376 e. The number of nitrogens with zero attached hydrogens (tertiary/aromatic N) is 3. The summed E-state index contributed by atoms with van der Waals surface area (Å²) in [5, 5.41) is 5.08. The molecule has 4 heterocycles. The summed E-state index contributed by atoms with van der Waals surface area (Å²) >= 11 is 12.2. The van der Waals surface area contributed by atoms with Crippen LogP contribution in [-0.2, 0) is 4.74 Å². The first kappa shape index (κ1) is 22.4. The van der Waals surface area contributed by atoms with Crippen LogP contribution in [0.1, 0.15) is 53.1 Å². The second-order valence-electron chi connectivity index (χ2n) is 8.94. The first-order chi connectivity index (χ1) is 16.0. The summed E-state index contributed by atoms with van der Waals surface area (Å²) in [5.41, 5.74) is 7.02. The van der Waals surface area contributed by atoms with Crippen LogP contribution in [0.15, 0.2) is 48.7 Å². The van der Waals surface area contributed by atoms with Crippen LogP contribution in [0.2, 0.25) is 5.02 Å². The number of rotatable bonds is 5. The van der Waals surface area contributed by atoms with Gasteiger partial charge < -0.3 is 19.5 Å². The van der Waals surface area contributed by atoms with Gasteiger partial charge in [0, 0.05) is 47.0 Å². The van der Waals surface area contributed by atoms with Crippen molar-refractivity contribution in [2.45, 2.75) is 51.8 Å². The Hall–Kier alpha value is -2.41. The predicted octanol–water partition coefficient (Wildman–Crippen LogP) is 5.60. The highest BCUT2D eigenvalue weighted by molar-refractivity contribution is 7.80. The van der Waals surface area contributed by atoms with E-state index in [0.717, 1.165) is 47.5 Å². The average Bonchev–Trinajstić information content (AvgIpc) is 3.49. The number of halogens is 1. The van der Waals surface area contributed by atoms with E-state index < -0.39 is 0 Å². The molecule has 1 aromatic carbocycles. The summed E-state index contributed by atoms with van der Waals surface area (Å²) in [4.78, 5) is 7.01. The fraction of sp³-hybridized carbons (Fsp3) is 0.385. The Labute approximate surface area is 205 Å². The van der Waals surface area contributed by atoms with Gasteiger partial charge in [-0.05, 0) is 81.7 Å². The number of aromatic nitrogens is 2. The first-order valence-electron chi connectivity index (χ1n) is 11.5. The smallest absolute Gasteiger partial charge is 0.170 e. The molecule has 0 bridgehead atoms. The van der Waals surface area contributed by atoms with Crippen molar-refractivity contribution in [2.75, 3.05) is 13.2 Å². The summed E-state index contributed by atoms with van der Waals surface area (Å²) in [6, 6.07) is 14.1. The monoisotopic (exact) mass is 480 g/mol. The van der Waals surface area contributed by atoms with Gasteiger partial charge in [0.05, 0.1) is 23.9 Å². The van der Waals surface area contributed by atoms with Crippen molar-refractivity contribution in [3.05, 3.63) is 81.9 Å². The second-order valence-corrected chi connectivity index (χ2v) is 9.76. The molecule has 172 valence electrons. The van der Waals surface area contributed by atoms with E-state index in [1.807, 2.05) is 36.5 Å². The third-order valence-electron chi connectivity index (χ3n) is 6.99. The molecule has 2 aromatic heterocycles. The van der Waals surface area contributed by atoms with Crippen LogP contribution in [0.3, 0.4) is 0 Å². The Morgan fingerprint density at radius 1 is 1.15 bits per heavy atom. The molecule has 0 saturated carbocycles. The van der Waals surface area contributed by atoms with Crippen molar-refractivity contribution < 1.29 is 4.74 Å². The van der Waals surface area contributed by atoms with Gasteiger partial charge in [-0.1, -0.05) is 23.7 Å². The molecule has 5 rings (SSSR count). The van der Waals surface area contributed by atoms with Crippen molar-refractivity contribution in [1.29, 1.82) is 0 Å². The van der Waals surface area contributed by atoms with Crippen molar-refractivity contribution in [3.63, 3.8) is 0 Å². The molecule has 7 heteroatoms. The summed E-state index contributed by atoms with van der Waals surface area (Å²) in [7, 11) is 0. The maximum absolute atomic E-state index is 6.34. The van der Waals surface area contributed by atoms with Crippen molar-refractivity contribution >= 4 is 28.9 Å². The van der Waals surface area contributed by atoms with Crippen molar-refractivity contribution in [2.24, 2.45) is 0 Å². The third kappa shape index (κ3) is 4.05. The molecule has 0 radical (unpaired) electrons. The molecule has 5 nitrogen and oxygen atoms in total. The van der Waals surface area contributed by atoms with E-state index in [4.69, 9.17) is 33.5 Å². The lowest BCUT2D eigenvalue weighted by atomic mass is 9.93. The molecule has 0 aliphatic carbocycles. The maximum atomic E-state index is 6.34. The van der Waals surface area contributed by atoms with E-state index in [2.05, 4.69) is 47.7 Å². The minimum Gasteiger partial charge on any atom is -0.376 e. The fourth-order valence-corrected chi connectivity index (χ4v) is 5.87. The van der Waals surface area contributed by atoms with Gasteiger partial charge in [-0.2, -0.15) is 0 Å². The van der Waals surface area contributed by atoms with Gasteiger partial charge in [-0.25, -0.2) is 0 Å². The molecule has 0 amide bonds. The van der Waals surface area contributed by atoms with Crippen molar-refractivity contribution in [3.8, 4) is 5.69 Å². The Kier molecular flexibility index (Phi) is 6.16. The average molecular weight is 481 g/mol. The number of benzene rings is 1. The SMILES string of the molecule is Cc1c([C@@H]2[C@H](c3ccccn3)NC(=S)N2C[C@@H]2CCCO2)c(C)n(-c2cccc(Cl)c2)c1C. The molecular weight excluding hydrogens is 452 g/mol. The van der Waals surface area contributed by atoms with Crippen LogP contribution >= 0.6 is 23.8 Å². The molecule has 3 atom stereocenters. The lowest BCUT2D eigenvalue weighted by molar-refractivity contribution is 0.0841. The van der Waals surface area contributed by atoms with E-state index in [1.165, 1.54) is 22.5 Å². The maximum Gasteiger partial charge on any atom is 0.170 e. The van der Waals surface area contributed by atoms with E-state index in [9.17, 15) is 0 Å². The van der Waals surface area contributed by atoms with Gasteiger partial charge in [0.15, 0.2) is 5.11 Å². The lowest BCUT2D eigenvalue weighted by Gasteiger charge is -2.30. The molecular formula is C26H29ClN4OS. The number of thiocarbonyl (C=S) groups is 1. The highest BCUT2D eigenvalue weighted by atomic mass is 35.5. The second kappa shape index (κ2) is 9.09. The minimum absolute atomic E-state index is 0.0238. The van der Waals surface area contributed by atoms with E-state index >= 15 is 0 Å². The van der Waals surface area contributed by atoms with Gasteiger partial charge in [-0.15, -0.1) is 0 Å². The zero-order valence-corrected chi connectivity index (χ0v) is 20.8. The summed E-state index contributed by atoms with van der Waals surface area (Å²) in [5.74, 6) is 0. The van der Waals surface area contributed by atoms with Crippen LogP contribution in [0.4, 0.5) is 0 Å². The molecule has 2 aliphatic heterocycles. The zero-order valence-electron chi connectivity index (χ0n) is 19.2. The number of hydrogen-bond donors (Lipinski definition) is 1. The van der Waals surface area contributed by atoms with E-state index in [0.29, 0.717) is 0 Å². The van der Waals surface area contributed by atoms with E-state index in [-0.39, 0.29) is 18.2 Å². The third-order valence-corrected chi connectivity index (χ3v) is 7.58. The number of pyridine rings is 1. The number of ether oxygens (including phenoxy) is 1. The summed E-state index contributed by atoms with van der Waals surface area (Å²) in [6.07, 6.45) is 4.23. The summed E-state index contributed by atoms with van der Waals surface area (Å²) in [6.45, 7) is 8.18. The summed E-state index contributed by atoms with van der Waals surface area (Å²) < 4.78 is 8.30. The fourth-order valence-electron chi connectivity index (χ4n) is 5.37. The van der Waals surface area contributed by atoms with Crippen LogP contribution < -0.4 is 5.32 Å². The Balaban J connectivity index is 1.64. The van der Waals surface area contributed by atoms with Gasteiger partial charge >= 0.3 is 0 Å².